The van der Waals surface area contributed by atoms with Gasteiger partial charge in [0.25, 0.3) is 0 Å². The highest BCUT2D eigenvalue weighted by Gasteiger charge is 1.80. The summed E-state index contributed by atoms with van der Waals surface area (Å²) in [5.74, 6) is 0. The molecule has 0 saturated heterocycles. The zero-order chi connectivity index (χ0) is 4.12. The third-order valence-corrected chi connectivity index (χ3v) is 0.642. The normalized spacial score (nSPS) is 6.43. The first-order chi connectivity index (χ1) is 2.41. The van der Waals surface area contributed by atoms with E-state index in [1.165, 1.54) is 0 Å². The van der Waals surface area contributed by atoms with Gasteiger partial charge in [-0.15, -0.1) is 24.8 Å². The molecule has 0 radical (unpaired) electrons. The second-order valence-corrected chi connectivity index (χ2v) is 1.41. The van der Waals surface area contributed by atoms with E-state index in [1.807, 2.05) is 0 Å². The molecule has 0 amide bonds. The molecule has 0 aliphatic rings. The number of rotatable bonds is 2. The number of hydrogen-bond acceptors (Lipinski definition) is 2. The van der Waals surface area contributed by atoms with Crippen LogP contribution in [-0.4, -0.2) is 17.9 Å². The van der Waals surface area contributed by atoms with Gasteiger partial charge in [0.1, 0.15) is 0 Å². The summed E-state index contributed by atoms with van der Waals surface area (Å²) in [7, 11) is -0.342. The maximum atomic E-state index is 9.40. The fraction of sp³-hybridized carbons (Fsp3) is 1.00. The van der Waals surface area contributed by atoms with E-state index in [2.05, 4.69) is 0 Å². The number of aliphatic hydroxyl groups excluding tert-OH is 1. The first-order valence-corrected chi connectivity index (χ1v) is 2.49. The SMILES string of the molecule is Cl.Cl.O=[PH+]CCO. The van der Waals surface area contributed by atoms with E-state index in [9.17, 15) is 4.57 Å². The molecular formula is C2H8Cl2O2P+. The Morgan fingerprint density at radius 1 is 1.43 bits per heavy atom. The van der Waals surface area contributed by atoms with Crippen LogP contribution in [0.25, 0.3) is 0 Å². The van der Waals surface area contributed by atoms with Gasteiger partial charge in [-0.1, -0.05) is 4.57 Å². The van der Waals surface area contributed by atoms with Crippen LogP contribution < -0.4 is 0 Å². The summed E-state index contributed by atoms with van der Waals surface area (Å²) >= 11 is 0. The second kappa shape index (κ2) is 15.9. The van der Waals surface area contributed by atoms with Crippen LogP contribution in [0.5, 0.6) is 0 Å². The second-order valence-electron chi connectivity index (χ2n) is 0.618. The molecule has 46 valence electrons. The zero-order valence-electron chi connectivity index (χ0n) is 3.59. The van der Waals surface area contributed by atoms with Gasteiger partial charge < -0.3 is 5.11 Å². The zero-order valence-corrected chi connectivity index (χ0v) is 6.22. The van der Waals surface area contributed by atoms with Crippen molar-refractivity contribution >= 4 is 33.3 Å². The summed E-state index contributed by atoms with van der Waals surface area (Å²) in [5.41, 5.74) is 0. The Kier molecular flexibility index (Phi) is 35.6. The van der Waals surface area contributed by atoms with Gasteiger partial charge in [0.2, 0.25) is 0 Å². The molecule has 0 saturated carbocycles. The standard InChI is InChI=1S/C2H5O2P.2ClH/c3-1-2-5-4;;/h3H,1-2H2;2*1H/p+1. The van der Waals surface area contributed by atoms with Gasteiger partial charge in [0, 0.05) is 0 Å². The highest BCUT2D eigenvalue weighted by atomic mass is 35.5. The van der Waals surface area contributed by atoms with Crippen LogP contribution in [0.2, 0.25) is 0 Å². The Bertz CT molecular complexity index is 34.9. The van der Waals surface area contributed by atoms with Crippen molar-refractivity contribution in [3.8, 4) is 0 Å². The molecule has 0 bridgehead atoms. The van der Waals surface area contributed by atoms with Gasteiger partial charge in [-0.05, 0) is 0 Å². The molecule has 0 aliphatic carbocycles. The molecule has 0 aliphatic heterocycles. The van der Waals surface area contributed by atoms with E-state index in [4.69, 9.17) is 5.11 Å². The Morgan fingerprint density at radius 3 is 1.86 bits per heavy atom. The predicted octanol–water partition coefficient (Wildman–Crippen LogP) is 0.846. The van der Waals surface area contributed by atoms with Crippen LogP contribution in [0.4, 0.5) is 0 Å². The smallest absolute Gasteiger partial charge is 0.327 e. The Balaban J connectivity index is -0.0000000800. The lowest BCUT2D eigenvalue weighted by Crippen LogP contribution is -1.76. The fourth-order valence-corrected chi connectivity index (χ4v) is 0.137. The summed E-state index contributed by atoms with van der Waals surface area (Å²) in [6.45, 7) is 0.0436. The Hall–Kier alpha value is 0.640. The third kappa shape index (κ3) is 20.5. The van der Waals surface area contributed by atoms with Crippen LogP contribution in [0.15, 0.2) is 0 Å². The average Bonchev–Trinajstić information content (AvgIpc) is 1.41. The van der Waals surface area contributed by atoms with Crippen molar-refractivity contribution in [3.63, 3.8) is 0 Å². The quantitative estimate of drug-likeness (QED) is 0.617. The maximum Gasteiger partial charge on any atom is 0.327 e. The molecule has 7 heavy (non-hydrogen) atoms. The summed E-state index contributed by atoms with van der Waals surface area (Å²) in [6.07, 6.45) is 0.417. The van der Waals surface area contributed by atoms with E-state index < -0.39 is 0 Å². The largest absolute Gasteiger partial charge is 0.392 e. The van der Waals surface area contributed by atoms with E-state index in [1.54, 1.807) is 0 Å². The molecule has 0 aromatic heterocycles. The number of aliphatic hydroxyl groups is 1. The number of halogens is 2. The van der Waals surface area contributed by atoms with Gasteiger partial charge in [-0.3, -0.25) is 0 Å². The van der Waals surface area contributed by atoms with E-state index >= 15 is 0 Å². The van der Waals surface area contributed by atoms with Crippen molar-refractivity contribution in [2.24, 2.45) is 0 Å². The molecule has 1 N–H and O–H groups in total. The topological polar surface area (TPSA) is 37.3 Å². The monoisotopic (exact) mass is 165 g/mol. The molecule has 2 nitrogen and oxygen atoms in total. The lowest BCUT2D eigenvalue weighted by molar-refractivity contribution is 0.321. The lowest BCUT2D eigenvalue weighted by Gasteiger charge is -1.61. The van der Waals surface area contributed by atoms with E-state index in [0.717, 1.165) is 0 Å². The van der Waals surface area contributed by atoms with E-state index in [-0.39, 0.29) is 39.9 Å². The van der Waals surface area contributed by atoms with Gasteiger partial charge >= 0.3 is 8.46 Å². The Morgan fingerprint density at radius 2 is 1.86 bits per heavy atom. The van der Waals surface area contributed by atoms with Gasteiger partial charge in [-0.2, -0.15) is 0 Å². The maximum absolute atomic E-state index is 9.40. The summed E-state index contributed by atoms with van der Waals surface area (Å²) < 4.78 is 9.40. The predicted molar refractivity (Wildman–Crippen MR) is 35.5 cm³/mol. The minimum Gasteiger partial charge on any atom is -0.392 e. The summed E-state index contributed by atoms with van der Waals surface area (Å²) in [5, 5.41) is 7.87. The molecule has 0 aromatic rings. The highest BCUT2D eigenvalue weighted by molar-refractivity contribution is 7.23. The molecule has 0 rings (SSSR count). The molecule has 0 fully saturated rings. The third-order valence-electron chi connectivity index (χ3n) is 0.214. The van der Waals surface area contributed by atoms with Crippen molar-refractivity contribution in [3.05, 3.63) is 0 Å². The van der Waals surface area contributed by atoms with Crippen molar-refractivity contribution in [2.75, 3.05) is 12.8 Å². The summed E-state index contributed by atoms with van der Waals surface area (Å²) in [4.78, 5) is 0. The molecule has 1 unspecified atom stereocenters. The molecule has 0 aromatic carbocycles. The van der Waals surface area contributed by atoms with Crippen molar-refractivity contribution < 1.29 is 9.67 Å². The molecule has 0 heterocycles. The highest BCUT2D eigenvalue weighted by Crippen LogP contribution is 1.83. The molecule has 1 atom stereocenters. The van der Waals surface area contributed by atoms with Crippen LogP contribution in [-0.2, 0) is 4.57 Å². The summed E-state index contributed by atoms with van der Waals surface area (Å²) in [6, 6.07) is 0. The van der Waals surface area contributed by atoms with Crippen LogP contribution >= 0.6 is 33.3 Å². The minimum absolute atomic E-state index is 0. The van der Waals surface area contributed by atoms with Crippen molar-refractivity contribution in [2.45, 2.75) is 0 Å². The van der Waals surface area contributed by atoms with Gasteiger partial charge in [0.05, 0.1) is 6.61 Å². The number of hydrogen-bond donors (Lipinski definition) is 1. The van der Waals surface area contributed by atoms with Crippen LogP contribution in [0.3, 0.4) is 0 Å². The van der Waals surface area contributed by atoms with Crippen LogP contribution in [0.1, 0.15) is 0 Å². The average molecular weight is 166 g/mol. The van der Waals surface area contributed by atoms with Gasteiger partial charge in [-0.25, -0.2) is 0 Å². The van der Waals surface area contributed by atoms with Crippen molar-refractivity contribution in [1.82, 2.24) is 0 Å². The fourth-order valence-electron chi connectivity index (χ4n) is 0.0456. The van der Waals surface area contributed by atoms with Gasteiger partial charge in [0.15, 0.2) is 6.16 Å². The molecular weight excluding hydrogens is 158 g/mol. The Labute approximate surface area is 56.3 Å². The molecule has 5 heteroatoms. The van der Waals surface area contributed by atoms with Crippen LogP contribution in [0, 0.1) is 0 Å². The lowest BCUT2D eigenvalue weighted by atomic mass is 10.9. The first kappa shape index (κ1) is 15.6. The van der Waals surface area contributed by atoms with E-state index in [0.29, 0.717) is 6.16 Å². The first-order valence-electron chi connectivity index (χ1n) is 1.37. The minimum atomic E-state index is -0.342. The molecule has 0 spiro atoms. The van der Waals surface area contributed by atoms with Crippen molar-refractivity contribution in [1.29, 1.82) is 0 Å².